The molecule has 1 fully saturated rings. The van der Waals surface area contributed by atoms with E-state index in [1.165, 1.54) is 17.7 Å². The topological polar surface area (TPSA) is 35.5 Å². The van der Waals surface area contributed by atoms with Gasteiger partial charge in [0.1, 0.15) is 5.82 Å². The van der Waals surface area contributed by atoms with Gasteiger partial charge in [-0.25, -0.2) is 4.39 Å². The summed E-state index contributed by atoms with van der Waals surface area (Å²) in [4.78, 5) is 2.31. The second-order valence-electron chi connectivity index (χ2n) is 6.23. The molecule has 1 atom stereocenters. The first-order valence-electron chi connectivity index (χ1n) is 7.75. The Kier molecular flexibility index (Phi) is 4.38. The van der Waals surface area contributed by atoms with E-state index in [0.717, 1.165) is 51.0 Å². The van der Waals surface area contributed by atoms with Gasteiger partial charge in [0.25, 0.3) is 0 Å². The molecule has 2 N–H and O–H groups in total. The van der Waals surface area contributed by atoms with E-state index in [1.54, 1.807) is 0 Å². The van der Waals surface area contributed by atoms with Crippen LogP contribution in [0.1, 0.15) is 24.8 Å². The Morgan fingerprint density at radius 3 is 2.71 bits per heavy atom. The summed E-state index contributed by atoms with van der Waals surface area (Å²) in [5.41, 5.74) is 1.80. The summed E-state index contributed by atoms with van der Waals surface area (Å²) in [5, 5.41) is 13.8. The molecule has 2 heterocycles. The van der Waals surface area contributed by atoms with Gasteiger partial charge in [-0.15, -0.1) is 0 Å². The van der Waals surface area contributed by atoms with Gasteiger partial charge in [0.15, 0.2) is 0 Å². The number of aliphatic hydroxyl groups is 1. The Bertz CT molecular complexity index is 506. The first-order valence-corrected chi connectivity index (χ1v) is 7.75. The summed E-state index contributed by atoms with van der Waals surface area (Å²) in [6, 6.07) is 6.71. The fraction of sp³-hybridized carbons (Fsp3) is 0.529. The molecule has 0 aliphatic carbocycles. The monoisotopic (exact) mass is 290 g/mol. The normalized spacial score (nSPS) is 27.4. The zero-order valence-electron chi connectivity index (χ0n) is 12.3. The Labute approximate surface area is 125 Å². The molecule has 4 heteroatoms. The summed E-state index contributed by atoms with van der Waals surface area (Å²) in [6.07, 6.45) is 5.08. The number of nitrogens with zero attached hydrogens (tertiary/aromatic N) is 1. The van der Waals surface area contributed by atoms with Gasteiger partial charge in [-0.3, -0.25) is 4.90 Å². The van der Waals surface area contributed by atoms with Crippen molar-refractivity contribution in [1.82, 2.24) is 10.2 Å². The van der Waals surface area contributed by atoms with Crippen molar-refractivity contribution < 1.29 is 9.50 Å². The highest BCUT2D eigenvalue weighted by molar-refractivity contribution is 5.66. The molecule has 2 aliphatic heterocycles. The molecule has 0 spiro atoms. The highest BCUT2D eigenvalue weighted by Gasteiger charge is 2.31. The van der Waals surface area contributed by atoms with Crippen molar-refractivity contribution in [3.63, 3.8) is 0 Å². The molecule has 114 valence electrons. The van der Waals surface area contributed by atoms with Gasteiger partial charge in [0.05, 0.1) is 5.60 Å². The van der Waals surface area contributed by atoms with E-state index in [-0.39, 0.29) is 5.82 Å². The second-order valence-corrected chi connectivity index (χ2v) is 6.23. The van der Waals surface area contributed by atoms with E-state index < -0.39 is 5.60 Å². The van der Waals surface area contributed by atoms with Crippen molar-refractivity contribution in [3.05, 3.63) is 41.7 Å². The van der Waals surface area contributed by atoms with Crippen LogP contribution in [0.4, 0.5) is 4.39 Å². The molecule has 0 saturated carbocycles. The molecular formula is C17H23FN2O. The van der Waals surface area contributed by atoms with Crippen LogP contribution < -0.4 is 5.32 Å². The standard InChI is InChI=1S/C17H23FN2O/c18-16-4-2-14(3-5-16)15-6-10-20(11-7-15)13-17(21)8-1-9-19-12-17/h2-6,19,21H,1,7-13H2/t17-/m0/s1. The number of rotatable bonds is 3. The highest BCUT2D eigenvalue weighted by Crippen LogP contribution is 2.25. The average molecular weight is 290 g/mol. The van der Waals surface area contributed by atoms with E-state index in [2.05, 4.69) is 16.3 Å². The van der Waals surface area contributed by atoms with Crippen LogP contribution in [0.15, 0.2) is 30.3 Å². The van der Waals surface area contributed by atoms with E-state index in [1.807, 2.05) is 12.1 Å². The molecule has 0 amide bonds. The van der Waals surface area contributed by atoms with Crippen LogP contribution in [0.25, 0.3) is 5.57 Å². The summed E-state index contributed by atoms with van der Waals surface area (Å²) < 4.78 is 13.0. The largest absolute Gasteiger partial charge is 0.387 e. The lowest BCUT2D eigenvalue weighted by atomic mass is 9.92. The lowest BCUT2D eigenvalue weighted by molar-refractivity contribution is -0.0130. The molecule has 2 aliphatic rings. The van der Waals surface area contributed by atoms with Crippen molar-refractivity contribution in [3.8, 4) is 0 Å². The predicted molar refractivity (Wildman–Crippen MR) is 82.5 cm³/mol. The minimum Gasteiger partial charge on any atom is -0.387 e. The van der Waals surface area contributed by atoms with Crippen LogP contribution in [0, 0.1) is 5.82 Å². The van der Waals surface area contributed by atoms with Crippen molar-refractivity contribution in [2.75, 3.05) is 32.7 Å². The lowest BCUT2D eigenvalue weighted by Gasteiger charge is -2.38. The summed E-state index contributed by atoms with van der Waals surface area (Å²) in [6.45, 7) is 4.24. The minimum atomic E-state index is -0.584. The molecule has 0 bridgehead atoms. The van der Waals surface area contributed by atoms with Crippen LogP contribution >= 0.6 is 0 Å². The van der Waals surface area contributed by atoms with Crippen molar-refractivity contribution >= 4 is 5.57 Å². The Balaban J connectivity index is 1.59. The van der Waals surface area contributed by atoms with Crippen LogP contribution in [-0.2, 0) is 0 Å². The van der Waals surface area contributed by atoms with Gasteiger partial charge < -0.3 is 10.4 Å². The van der Waals surface area contributed by atoms with Gasteiger partial charge >= 0.3 is 0 Å². The summed E-state index contributed by atoms with van der Waals surface area (Å²) >= 11 is 0. The molecular weight excluding hydrogens is 267 g/mol. The zero-order valence-corrected chi connectivity index (χ0v) is 12.3. The predicted octanol–water partition coefficient (Wildman–Crippen LogP) is 2.03. The number of nitrogens with one attached hydrogen (secondary N) is 1. The van der Waals surface area contributed by atoms with Crippen molar-refractivity contribution in [2.24, 2.45) is 0 Å². The van der Waals surface area contributed by atoms with E-state index >= 15 is 0 Å². The molecule has 3 rings (SSSR count). The van der Waals surface area contributed by atoms with Crippen LogP contribution in [-0.4, -0.2) is 48.3 Å². The van der Waals surface area contributed by atoms with Gasteiger partial charge in [0.2, 0.25) is 0 Å². The molecule has 21 heavy (non-hydrogen) atoms. The van der Waals surface area contributed by atoms with Gasteiger partial charge in [-0.1, -0.05) is 18.2 Å². The molecule has 0 radical (unpaired) electrons. The zero-order chi connectivity index (χ0) is 14.7. The molecule has 0 aromatic heterocycles. The Morgan fingerprint density at radius 2 is 2.10 bits per heavy atom. The number of hydrogen-bond donors (Lipinski definition) is 2. The van der Waals surface area contributed by atoms with Gasteiger partial charge in [-0.05, 0) is 49.1 Å². The van der Waals surface area contributed by atoms with Gasteiger partial charge in [0, 0.05) is 26.2 Å². The van der Waals surface area contributed by atoms with Crippen LogP contribution in [0.2, 0.25) is 0 Å². The Hall–Kier alpha value is -1.23. The fourth-order valence-corrected chi connectivity index (χ4v) is 3.28. The molecule has 3 nitrogen and oxygen atoms in total. The molecule has 1 saturated heterocycles. The third-order valence-electron chi connectivity index (χ3n) is 4.48. The minimum absolute atomic E-state index is 0.191. The van der Waals surface area contributed by atoms with E-state index in [0.29, 0.717) is 6.54 Å². The number of hydrogen-bond acceptors (Lipinski definition) is 3. The second kappa shape index (κ2) is 6.26. The molecule has 1 aromatic carbocycles. The number of benzene rings is 1. The number of β-amino-alcohol motifs (C(OH)–C–C–N with tert-alkyl or cyclic N) is 1. The van der Waals surface area contributed by atoms with Crippen LogP contribution in [0.3, 0.4) is 0 Å². The number of piperidine rings is 1. The SMILES string of the molecule is O[C@@]1(CN2CC=C(c3ccc(F)cc3)CC2)CCCNC1. The van der Waals surface area contributed by atoms with E-state index in [4.69, 9.17) is 0 Å². The Morgan fingerprint density at radius 1 is 1.29 bits per heavy atom. The smallest absolute Gasteiger partial charge is 0.123 e. The first-order chi connectivity index (χ1) is 10.1. The van der Waals surface area contributed by atoms with Crippen molar-refractivity contribution in [2.45, 2.75) is 24.9 Å². The molecule has 0 unspecified atom stereocenters. The quantitative estimate of drug-likeness (QED) is 0.894. The first kappa shape index (κ1) is 14.7. The summed E-state index contributed by atoms with van der Waals surface area (Å²) in [7, 11) is 0. The molecule has 1 aromatic rings. The lowest BCUT2D eigenvalue weighted by Crippen LogP contribution is -2.53. The third kappa shape index (κ3) is 3.70. The summed E-state index contributed by atoms with van der Waals surface area (Å²) in [5.74, 6) is -0.191. The third-order valence-corrected chi connectivity index (χ3v) is 4.48. The average Bonchev–Trinajstić information content (AvgIpc) is 2.49. The van der Waals surface area contributed by atoms with Gasteiger partial charge in [-0.2, -0.15) is 0 Å². The number of halogens is 1. The maximum Gasteiger partial charge on any atom is 0.123 e. The van der Waals surface area contributed by atoms with E-state index in [9.17, 15) is 9.50 Å². The van der Waals surface area contributed by atoms with Crippen LogP contribution in [0.5, 0.6) is 0 Å². The fourth-order valence-electron chi connectivity index (χ4n) is 3.28. The highest BCUT2D eigenvalue weighted by atomic mass is 19.1. The van der Waals surface area contributed by atoms with Crippen molar-refractivity contribution in [1.29, 1.82) is 0 Å². The maximum atomic E-state index is 13.0. The maximum absolute atomic E-state index is 13.0.